The highest BCUT2D eigenvalue weighted by atomic mass is 16.4. The summed E-state index contributed by atoms with van der Waals surface area (Å²) in [6.45, 7) is 18.8. The van der Waals surface area contributed by atoms with Crippen molar-refractivity contribution in [1.29, 1.82) is 0 Å². The quantitative estimate of drug-likeness (QED) is 0.173. The van der Waals surface area contributed by atoms with Crippen molar-refractivity contribution in [2.45, 2.75) is 137 Å². The van der Waals surface area contributed by atoms with Crippen molar-refractivity contribution in [1.82, 2.24) is 0 Å². The van der Waals surface area contributed by atoms with Crippen LogP contribution in [0.25, 0.3) is 0 Å². The van der Waals surface area contributed by atoms with Gasteiger partial charge in [-0.1, -0.05) is 52.8 Å². The highest BCUT2D eigenvalue weighted by Gasteiger charge is 2.72. The lowest BCUT2D eigenvalue weighted by Gasteiger charge is -2.73. The number of rotatable bonds is 6. The van der Waals surface area contributed by atoms with E-state index < -0.39 is 29.6 Å². The molecule has 6 heteroatoms. The van der Waals surface area contributed by atoms with Gasteiger partial charge in [0.05, 0.1) is 17.6 Å². The Bertz CT molecular complexity index is 1270. The number of hydrogen-bond donors (Lipinski definition) is 4. The summed E-state index contributed by atoms with van der Waals surface area (Å²) in [7, 11) is 0. The zero-order valence-electron chi connectivity index (χ0n) is 29.4. The Morgan fingerprint density at radius 1 is 0.826 bits per heavy atom. The third-order valence-electron chi connectivity index (χ3n) is 16.8. The molecule has 0 radical (unpaired) electrons. The number of fused-ring (bicyclic) bond motifs is 7. The van der Waals surface area contributed by atoms with E-state index in [1.807, 2.05) is 0 Å². The van der Waals surface area contributed by atoms with Gasteiger partial charge >= 0.3 is 11.9 Å². The second-order valence-corrected chi connectivity index (χ2v) is 18.7. The normalized spacial score (nSPS) is 51.4. The number of carbonyl (C=O) groups is 2. The van der Waals surface area contributed by atoms with Gasteiger partial charge in [0.2, 0.25) is 0 Å². The van der Waals surface area contributed by atoms with Gasteiger partial charge in [0.25, 0.3) is 0 Å². The number of carboxylic acids is 2. The molecule has 6 rings (SSSR count). The molecule has 0 spiro atoms. The number of hydrogen-bond acceptors (Lipinski definition) is 4. The molecule has 0 aromatic rings. The summed E-state index contributed by atoms with van der Waals surface area (Å²) in [6, 6.07) is 0. The molecule has 4 N–H and O–H groups in total. The van der Waals surface area contributed by atoms with E-state index in [0.717, 1.165) is 82.6 Å². The minimum absolute atomic E-state index is 0.0108. The zero-order valence-corrected chi connectivity index (χ0v) is 29.4. The van der Waals surface area contributed by atoms with Gasteiger partial charge in [-0.15, -0.1) is 0 Å². The molecule has 14 atom stereocenters. The molecular formula is C40H62O6. The van der Waals surface area contributed by atoms with Crippen LogP contribution in [0.2, 0.25) is 0 Å². The average molecular weight is 639 g/mol. The van der Waals surface area contributed by atoms with E-state index >= 15 is 0 Å². The number of aliphatic carboxylic acids is 2. The second kappa shape index (κ2) is 11.5. The predicted molar refractivity (Wildman–Crippen MR) is 180 cm³/mol. The number of allylic oxidation sites excluding steroid dienone is 2. The van der Waals surface area contributed by atoms with E-state index in [1.54, 1.807) is 6.08 Å². The molecule has 0 aromatic carbocycles. The van der Waals surface area contributed by atoms with Gasteiger partial charge in [-0.25, -0.2) is 4.79 Å². The van der Waals surface area contributed by atoms with Gasteiger partial charge in [-0.2, -0.15) is 0 Å². The third kappa shape index (κ3) is 4.83. The van der Waals surface area contributed by atoms with Crippen molar-refractivity contribution >= 4 is 11.9 Å². The molecule has 6 fully saturated rings. The Labute approximate surface area is 277 Å². The topological polar surface area (TPSA) is 115 Å². The van der Waals surface area contributed by atoms with Gasteiger partial charge in [0.1, 0.15) is 0 Å². The van der Waals surface area contributed by atoms with E-state index in [-0.39, 0.29) is 45.3 Å². The number of carboxylic acid groups (broad SMARTS) is 2. The molecule has 6 aliphatic carbocycles. The molecule has 6 aliphatic rings. The maximum absolute atomic E-state index is 13.0. The van der Waals surface area contributed by atoms with E-state index in [0.29, 0.717) is 30.1 Å². The van der Waals surface area contributed by atoms with Gasteiger partial charge in [-0.05, 0) is 159 Å². The Morgan fingerprint density at radius 2 is 1.54 bits per heavy atom. The van der Waals surface area contributed by atoms with Crippen LogP contribution in [0.3, 0.4) is 0 Å². The summed E-state index contributed by atoms with van der Waals surface area (Å²) >= 11 is 0. The lowest BCUT2D eigenvalue weighted by Crippen LogP contribution is -2.68. The minimum Gasteiger partial charge on any atom is -0.481 e. The Balaban J connectivity index is 1.27. The third-order valence-corrected chi connectivity index (χ3v) is 16.8. The van der Waals surface area contributed by atoms with Crippen molar-refractivity contribution in [2.75, 3.05) is 0 Å². The van der Waals surface area contributed by atoms with Crippen LogP contribution in [0, 0.1) is 74.4 Å². The summed E-state index contributed by atoms with van der Waals surface area (Å²) in [5.74, 6) is 0.578. The SMILES string of the molecule is C=C(C)[C@H]1CC[C@@]2(C(=O)O)CC[C@@]3(C)[C@@H](CC[C@H]4[C@]5(C)C[C@H](O)[C@H](C[C@H]6C[C@@H](/C=C/C(=O)O)CC[C@@H]6O)C(C)(C)[C@H]5CC[C@@]43C)[C@H]12. The van der Waals surface area contributed by atoms with E-state index in [9.17, 15) is 24.9 Å². The first-order valence-electron chi connectivity index (χ1n) is 18.6. The highest BCUT2D eigenvalue weighted by Crippen LogP contribution is 2.78. The summed E-state index contributed by atoms with van der Waals surface area (Å²) in [4.78, 5) is 24.1. The van der Waals surface area contributed by atoms with Crippen LogP contribution in [0.1, 0.15) is 125 Å². The summed E-state index contributed by atoms with van der Waals surface area (Å²) in [5, 5.41) is 43.0. The summed E-state index contributed by atoms with van der Waals surface area (Å²) in [6.07, 6.45) is 14.0. The predicted octanol–water partition coefficient (Wildman–Crippen LogP) is 8.12. The maximum Gasteiger partial charge on any atom is 0.327 e. The van der Waals surface area contributed by atoms with E-state index in [2.05, 4.69) is 48.1 Å². The molecule has 0 heterocycles. The molecule has 0 unspecified atom stereocenters. The van der Waals surface area contributed by atoms with Crippen LogP contribution >= 0.6 is 0 Å². The van der Waals surface area contributed by atoms with Crippen LogP contribution in [-0.4, -0.2) is 44.6 Å². The number of aliphatic hydroxyl groups excluding tert-OH is 2. The van der Waals surface area contributed by atoms with Crippen molar-refractivity contribution in [3.63, 3.8) is 0 Å². The fourth-order valence-electron chi connectivity index (χ4n) is 14.5. The zero-order chi connectivity index (χ0) is 33.6. The van der Waals surface area contributed by atoms with Gasteiger partial charge in [0, 0.05) is 6.08 Å². The lowest BCUT2D eigenvalue weighted by molar-refractivity contribution is -0.257. The van der Waals surface area contributed by atoms with Crippen LogP contribution in [0.15, 0.2) is 24.3 Å². The molecule has 258 valence electrons. The van der Waals surface area contributed by atoms with Crippen LogP contribution < -0.4 is 0 Å². The molecule has 6 nitrogen and oxygen atoms in total. The summed E-state index contributed by atoms with van der Waals surface area (Å²) in [5.41, 5.74) is 0.582. The first-order valence-corrected chi connectivity index (χ1v) is 18.6. The van der Waals surface area contributed by atoms with Crippen molar-refractivity contribution in [3.8, 4) is 0 Å². The Hall–Kier alpha value is -1.66. The van der Waals surface area contributed by atoms with Gasteiger partial charge < -0.3 is 20.4 Å². The van der Waals surface area contributed by atoms with Crippen LogP contribution in [0.5, 0.6) is 0 Å². The maximum atomic E-state index is 13.0. The monoisotopic (exact) mass is 638 g/mol. The minimum atomic E-state index is -0.925. The fourth-order valence-corrected chi connectivity index (χ4v) is 14.5. The Kier molecular flexibility index (Phi) is 8.52. The van der Waals surface area contributed by atoms with Crippen molar-refractivity contribution in [3.05, 3.63) is 24.3 Å². The molecule has 0 amide bonds. The largest absolute Gasteiger partial charge is 0.481 e. The lowest BCUT2D eigenvalue weighted by atomic mass is 9.31. The molecule has 0 aromatic heterocycles. The van der Waals surface area contributed by atoms with E-state index in [1.165, 1.54) is 6.08 Å². The molecule has 6 saturated carbocycles. The number of aliphatic hydroxyl groups is 2. The summed E-state index contributed by atoms with van der Waals surface area (Å²) < 4.78 is 0. The van der Waals surface area contributed by atoms with Crippen LogP contribution in [0.4, 0.5) is 0 Å². The molecule has 0 saturated heterocycles. The Morgan fingerprint density at radius 3 is 2.20 bits per heavy atom. The smallest absolute Gasteiger partial charge is 0.327 e. The molecule has 0 bridgehead atoms. The van der Waals surface area contributed by atoms with Crippen molar-refractivity contribution < 1.29 is 30.0 Å². The first kappa shape index (κ1) is 34.2. The van der Waals surface area contributed by atoms with Crippen molar-refractivity contribution in [2.24, 2.45) is 74.4 Å². The fraction of sp³-hybridized carbons (Fsp3) is 0.850. The highest BCUT2D eigenvalue weighted by molar-refractivity contribution is 5.79. The molecule has 46 heavy (non-hydrogen) atoms. The van der Waals surface area contributed by atoms with E-state index in [4.69, 9.17) is 5.11 Å². The average Bonchev–Trinajstić information content (AvgIpc) is 3.37. The first-order chi connectivity index (χ1) is 21.4. The van der Waals surface area contributed by atoms with Gasteiger partial charge in [-0.3, -0.25) is 4.79 Å². The standard InChI is InChI=1S/C40H62O6/c1-23(2)26-14-17-40(35(45)46)19-18-38(6)27(34(26)40)10-12-32-37(5)22-30(42)28(36(3,4)31(37)15-16-39(32,38)7)21-25-20-24(8-11-29(25)41)9-13-33(43)44/h9,13,24-32,34,41-42H,1,8,10-12,14-22H2,2-7H3,(H,43,44)(H,45,46)/b13-9+/t24-,25-,26-,27+,28+,29+,30+,31-,32+,34+,37-,38+,39+,40-/m1/s1. The molecular weight excluding hydrogens is 576 g/mol. The van der Waals surface area contributed by atoms with Crippen LogP contribution in [-0.2, 0) is 9.59 Å². The molecule has 0 aliphatic heterocycles. The second-order valence-electron chi connectivity index (χ2n) is 18.7. The van der Waals surface area contributed by atoms with Gasteiger partial charge in [0.15, 0.2) is 0 Å².